The fourth-order valence-corrected chi connectivity index (χ4v) is 2.56. The molecule has 4 heteroatoms. The van der Waals surface area contributed by atoms with Crippen LogP contribution in [0.2, 0.25) is 0 Å². The molecule has 0 radical (unpaired) electrons. The maximum absolute atomic E-state index is 5.96. The standard InChI is InChI=1S/C16H13N3O/c1-3-7-14-12(5-1)16(19-11-9-17-18-10-11)13-6-2-4-8-15(13)20-14/h1-10,16,19H,(H,17,18). The molecule has 2 N–H and O–H groups in total. The van der Waals surface area contributed by atoms with Crippen LogP contribution in [0.3, 0.4) is 0 Å². The van der Waals surface area contributed by atoms with Crippen molar-refractivity contribution in [3.8, 4) is 11.5 Å². The lowest BCUT2D eigenvalue weighted by molar-refractivity contribution is 0.451. The van der Waals surface area contributed by atoms with Crippen molar-refractivity contribution in [2.45, 2.75) is 6.04 Å². The van der Waals surface area contributed by atoms with Crippen molar-refractivity contribution in [3.05, 3.63) is 72.1 Å². The Morgan fingerprint density at radius 3 is 2.20 bits per heavy atom. The first kappa shape index (κ1) is 11.1. The summed E-state index contributed by atoms with van der Waals surface area (Å²) in [4.78, 5) is 0. The molecule has 0 saturated carbocycles. The zero-order chi connectivity index (χ0) is 13.4. The maximum Gasteiger partial charge on any atom is 0.133 e. The number of rotatable bonds is 2. The van der Waals surface area contributed by atoms with E-state index in [-0.39, 0.29) is 6.04 Å². The molecule has 2 aromatic carbocycles. The highest BCUT2D eigenvalue weighted by atomic mass is 16.5. The normalized spacial score (nSPS) is 13.2. The highest BCUT2D eigenvalue weighted by Gasteiger charge is 2.26. The van der Waals surface area contributed by atoms with E-state index < -0.39 is 0 Å². The number of para-hydroxylation sites is 2. The van der Waals surface area contributed by atoms with Gasteiger partial charge in [-0.3, -0.25) is 5.10 Å². The van der Waals surface area contributed by atoms with E-state index in [0.29, 0.717) is 0 Å². The highest BCUT2D eigenvalue weighted by molar-refractivity contribution is 5.57. The molecule has 0 bridgehead atoms. The monoisotopic (exact) mass is 263 g/mol. The van der Waals surface area contributed by atoms with Crippen LogP contribution in [0, 0.1) is 0 Å². The molecule has 1 aliphatic heterocycles. The summed E-state index contributed by atoms with van der Waals surface area (Å²) in [5, 5.41) is 10.3. The second kappa shape index (κ2) is 4.42. The van der Waals surface area contributed by atoms with Crippen molar-refractivity contribution in [2.24, 2.45) is 0 Å². The van der Waals surface area contributed by atoms with E-state index in [1.807, 2.05) is 42.6 Å². The molecular weight excluding hydrogens is 250 g/mol. The second-order valence-corrected chi connectivity index (χ2v) is 4.74. The number of H-pyrrole nitrogens is 1. The molecule has 1 aromatic heterocycles. The van der Waals surface area contributed by atoms with Gasteiger partial charge in [0, 0.05) is 17.3 Å². The topological polar surface area (TPSA) is 49.9 Å². The number of benzene rings is 2. The third kappa shape index (κ3) is 1.73. The van der Waals surface area contributed by atoms with Crippen LogP contribution in [0.4, 0.5) is 5.69 Å². The van der Waals surface area contributed by atoms with Crippen LogP contribution in [-0.4, -0.2) is 10.2 Å². The largest absolute Gasteiger partial charge is 0.457 e. The van der Waals surface area contributed by atoms with Gasteiger partial charge in [0.05, 0.1) is 17.9 Å². The fraction of sp³-hybridized carbons (Fsp3) is 0.0625. The van der Waals surface area contributed by atoms with Crippen LogP contribution < -0.4 is 10.1 Å². The maximum atomic E-state index is 5.96. The number of hydrogen-bond donors (Lipinski definition) is 2. The minimum absolute atomic E-state index is 0.0637. The molecule has 0 fully saturated rings. The van der Waals surface area contributed by atoms with Crippen molar-refractivity contribution in [1.82, 2.24) is 10.2 Å². The van der Waals surface area contributed by atoms with Gasteiger partial charge in [0.1, 0.15) is 11.5 Å². The van der Waals surface area contributed by atoms with E-state index in [9.17, 15) is 0 Å². The Hall–Kier alpha value is -2.75. The van der Waals surface area contributed by atoms with Crippen LogP contribution in [0.25, 0.3) is 0 Å². The number of fused-ring (bicyclic) bond motifs is 2. The molecule has 0 unspecified atom stereocenters. The van der Waals surface area contributed by atoms with Gasteiger partial charge in [0.2, 0.25) is 0 Å². The lowest BCUT2D eigenvalue weighted by Gasteiger charge is -2.29. The Kier molecular flexibility index (Phi) is 2.45. The molecule has 0 saturated heterocycles. The lowest BCUT2D eigenvalue weighted by atomic mass is 9.94. The Labute approximate surface area is 116 Å². The third-order valence-corrected chi connectivity index (χ3v) is 3.49. The van der Waals surface area contributed by atoms with Gasteiger partial charge in [-0.2, -0.15) is 5.10 Å². The fourth-order valence-electron chi connectivity index (χ4n) is 2.56. The van der Waals surface area contributed by atoms with Crippen LogP contribution in [0.15, 0.2) is 60.9 Å². The number of aromatic nitrogens is 2. The van der Waals surface area contributed by atoms with Gasteiger partial charge in [-0.15, -0.1) is 0 Å². The average Bonchev–Trinajstić information content (AvgIpc) is 3.00. The van der Waals surface area contributed by atoms with Crippen molar-refractivity contribution < 1.29 is 4.74 Å². The summed E-state index contributed by atoms with van der Waals surface area (Å²) in [6, 6.07) is 16.3. The van der Waals surface area contributed by atoms with Gasteiger partial charge in [-0.25, -0.2) is 0 Å². The molecule has 4 nitrogen and oxygen atoms in total. The summed E-state index contributed by atoms with van der Waals surface area (Å²) < 4.78 is 5.96. The minimum atomic E-state index is 0.0637. The van der Waals surface area contributed by atoms with Gasteiger partial charge in [-0.1, -0.05) is 36.4 Å². The Bertz CT molecular complexity index is 691. The van der Waals surface area contributed by atoms with E-state index in [4.69, 9.17) is 4.74 Å². The number of ether oxygens (including phenoxy) is 1. The van der Waals surface area contributed by atoms with Gasteiger partial charge < -0.3 is 10.1 Å². The predicted molar refractivity (Wildman–Crippen MR) is 77.0 cm³/mol. The Morgan fingerprint density at radius 2 is 1.60 bits per heavy atom. The molecule has 4 rings (SSSR count). The van der Waals surface area contributed by atoms with Crippen molar-refractivity contribution in [2.75, 3.05) is 5.32 Å². The molecule has 0 spiro atoms. The van der Waals surface area contributed by atoms with Crippen LogP contribution >= 0.6 is 0 Å². The van der Waals surface area contributed by atoms with Crippen molar-refractivity contribution in [3.63, 3.8) is 0 Å². The number of aromatic amines is 1. The zero-order valence-electron chi connectivity index (χ0n) is 10.7. The highest BCUT2D eigenvalue weighted by Crippen LogP contribution is 2.43. The molecule has 1 aliphatic rings. The second-order valence-electron chi connectivity index (χ2n) is 4.74. The molecule has 0 aliphatic carbocycles. The summed E-state index contributed by atoms with van der Waals surface area (Å²) >= 11 is 0. The lowest BCUT2D eigenvalue weighted by Crippen LogP contribution is -2.17. The van der Waals surface area contributed by atoms with E-state index in [2.05, 4.69) is 27.6 Å². The third-order valence-electron chi connectivity index (χ3n) is 3.49. The van der Waals surface area contributed by atoms with Gasteiger partial charge in [-0.05, 0) is 12.1 Å². The minimum Gasteiger partial charge on any atom is -0.457 e. The summed E-state index contributed by atoms with van der Waals surface area (Å²) in [6.45, 7) is 0. The number of nitrogens with zero attached hydrogens (tertiary/aromatic N) is 1. The van der Waals surface area contributed by atoms with Crippen LogP contribution in [-0.2, 0) is 0 Å². The summed E-state index contributed by atoms with van der Waals surface area (Å²) in [6.07, 6.45) is 3.63. The SMILES string of the molecule is c1ccc2c(c1)Oc1ccccc1C2Nc1cn[nH]c1. The van der Waals surface area contributed by atoms with Gasteiger partial charge in [0.15, 0.2) is 0 Å². The van der Waals surface area contributed by atoms with E-state index in [1.54, 1.807) is 6.20 Å². The quantitative estimate of drug-likeness (QED) is 0.741. The predicted octanol–water partition coefficient (Wildman–Crippen LogP) is 3.72. The molecule has 98 valence electrons. The molecule has 20 heavy (non-hydrogen) atoms. The molecular formula is C16H13N3O. The Balaban J connectivity index is 1.84. The molecule has 0 amide bonds. The first-order chi connectivity index (χ1) is 9.92. The van der Waals surface area contributed by atoms with Crippen molar-refractivity contribution >= 4 is 5.69 Å². The summed E-state index contributed by atoms with van der Waals surface area (Å²) in [5.74, 6) is 1.79. The van der Waals surface area contributed by atoms with Gasteiger partial charge >= 0.3 is 0 Å². The smallest absolute Gasteiger partial charge is 0.133 e. The Morgan fingerprint density at radius 1 is 0.950 bits per heavy atom. The molecule has 2 heterocycles. The first-order valence-electron chi connectivity index (χ1n) is 6.53. The summed E-state index contributed by atoms with van der Waals surface area (Å²) in [7, 11) is 0. The first-order valence-corrected chi connectivity index (χ1v) is 6.53. The molecule has 3 aromatic rings. The zero-order valence-corrected chi connectivity index (χ0v) is 10.7. The van der Waals surface area contributed by atoms with Crippen molar-refractivity contribution in [1.29, 1.82) is 0 Å². The van der Waals surface area contributed by atoms with Gasteiger partial charge in [0.25, 0.3) is 0 Å². The van der Waals surface area contributed by atoms with Crippen LogP contribution in [0.5, 0.6) is 11.5 Å². The number of anilines is 1. The van der Waals surface area contributed by atoms with E-state index >= 15 is 0 Å². The molecule has 0 atom stereocenters. The van der Waals surface area contributed by atoms with E-state index in [1.165, 1.54) is 0 Å². The van der Waals surface area contributed by atoms with E-state index in [0.717, 1.165) is 28.3 Å². The number of nitrogens with one attached hydrogen (secondary N) is 2. The van der Waals surface area contributed by atoms with Crippen LogP contribution in [0.1, 0.15) is 17.2 Å². The summed E-state index contributed by atoms with van der Waals surface area (Å²) in [5.41, 5.74) is 3.22. The average molecular weight is 263 g/mol. The number of hydrogen-bond acceptors (Lipinski definition) is 3.